The maximum Gasteiger partial charge on any atom is 0.273 e. The Morgan fingerprint density at radius 1 is 1.14 bits per heavy atom. The molecular weight excluding hydrogens is 504 g/mol. The molecular formula is C27H50N2O6Si2. The van der Waals surface area contributed by atoms with E-state index >= 15 is 0 Å². The van der Waals surface area contributed by atoms with Crippen molar-refractivity contribution in [2.75, 3.05) is 6.61 Å². The van der Waals surface area contributed by atoms with Crippen LogP contribution in [0.2, 0.25) is 36.3 Å². The Bertz CT molecular complexity index is 994. The van der Waals surface area contributed by atoms with Crippen LogP contribution in [0.5, 0.6) is 0 Å². The van der Waals surface area contributed by atoms with Crippen molar-refractivity contribution >= 4 is 22.7 Å². The molecule has 0 radical (unpaired) electrons. The Kier molecular flexibility index (Phi) is 10.2. The van der Waals surface area contributed by atoms with Crippen molar-refractivity contribution in [3.05, 3.63) is 34.2 Å². The molecule has 2 heterocycles. The number of aromatic nitrogens is 2. The Labute approximate surface area is 225 Å². The maximum atomic E-state index is 12.1. The van der Waals surface area contributed by atoms with E-state index in [0.717, 1.165) is 12.8 Å². The first-order chi connectivity index (χ1) is 16.8. The molecule has 1 aromatic rings. The largest absolute Gasteiger partial charge is 0.512 e. The van der Waals surface area contributed by atoms with Crippen LogP contribution < -0.4 is 5.56 Å². The molecule has 1 aromatic heterocycles. The highest BCUT2D eigenvalue weighted by molar-refractivity contribution is 6.74. The Hall–Kier alpha value is -1.31. The lowest BCUT2D eigenvalue weighted by molar-refractivity contribution is -0.0515. The molecule has 0 aliphatic carbocycles. The van der Waals surface area contributed by atoms with Gasteiger partial charge in [-0.25, -0.2) is 0 Å². The van der Waals surface area contributed by atoms with Crippen molar-refractivity contribution < 1.29 is 23.8 Å². The monoisotopic (exact) mass is 554 g/mol. The lowest BCUT2D eigenvalue weighted by Gasteiger charge is -2.41. The molecule has 0 spiro atoms. The van der Waals surface area contributed by atoms with Crippen LogP contribution in [-0.2, 0) is 13.6 Å². The zero-order chi connectivity index (χ0) is 28.4. The molecule has 0 bridgehead atoms. The molecule has 1 aliphatic heterocycles. The van der Waals surface area contributed by atoms with E-state index in [1.807, 2.05) is 6.92 Å². The van der Waals surface area contributed by atoms with Crippen LogP contribution in [0.25, 0.3) is 6.08 Å². The normalized spacial score (nSPS) is 24.1. The second-order valence-corrected chi connectivity index (χ2v) is 22.8. The van der Waals surface area contributed by atoms with E-state index in [1.165, 1.54) is 12.1 Å². The van der Waals surface area contributed by atoms with Crippen molar-refractivity contribution in [2.45, 2.75) is 129 Å². The molecule has 8 nitrogen and oxygen atoms in total. The standard InChI is InChI=1S/C27H50N2O6Si2/c1-12-13-14-19(30)17-21-28-22(31)15-16-29(21)25-23(32)24(35-37(10,11)27(5,6)7)20(34-25)18-33-36(8,9)26(2,3)4/h15-17,20,23-25,30,32H,12-14,18H2,1-11H3/b19-17-/t20-,23+,24-,25-/m1/s1. The summed E-state index contributed by atoms with van der Waals surface area (Å²) in [4.78, 5) is 16.2. The van der Waals surface area contributed by atoms with Crippen molar-refractivity contribution in [1.29, 1.82) is 0 Å². The van der Waals surface area contributed by atoms with E-state index in [0.29, 0.717) is 13.0 Å². The van der Waals surface area contributed by atoms with Crippen LogP contribution in [-0.4, -0.2) is 61.3 Å². The van der Waals surface area contributed by atoms with Gasteiger partial charge in [-0.15, -0.1) is 0 Å². The van der Waals surface area contributed by atoms with Gasteiger partial charge in [0.15, 0.2) is 22.9 Å². The van der Waals surface area contributed by atoms with Gasteiger partial charge in [0, 0.05) is 24.8 Å². The van der Waals surface area contributed by atoms with Gasteiger partial charge in [0.05, 0.1) is 12.4 Å². The third-order valence-electron chi connectivity index (χ3n) is 8.18. The summed E-state index contributed by atoms with van der Waals surface area (Å²) >= 11 is 0. The first-order valence-corrected chi connectivity index (χ1v) is 19.3. The van der Waals surface area contributed by atoms with Crippen LogP contribution in [0, 0.1) is 0 Å². The van der Waals surface area contributed by atoms with E-state index in [4.69, 9.17) is 13.6 Å². The highest BCUT2D eigenvalue weighted by Crippen LogP contribution is 2.42. The average Bonchev–Trinajstić information content (AvgIpc) is 3.04. The summed E-state index contributed by atoms with van der Waals surface area (Å²) in [6, 6.07) is 1.33. The third-order valence-corrected chi connectivity index (χ3v) is 17.2. The SMILES string of the molecule is CCCC/C(O)=C/c1nc(=O)ccn1[C@@H]1O[C@H](CO[Si](C)(C)C(C)(C)C)[C@@H](O[Si](C)(C)C(C)(C)C)[C@@H]1O. The van der Waals surface area contributed by atoms with Crippen molar-refractivity contribution in [2.24, 2.45) is 0 Å². The summed E-state index contributed by atoms with van der Waals surface area (Å²) < 4.78 is 21.3. The summed E-state index contributed by atoms with van der Waals surface area (Å²) in [6.45, 7) is 24.1. The lowest BCUT2D eigenvalue weighted by atomic mass is 10.1. The molecule has 37 heavy (non-hydrogen) atoms. The zero-order valence-corrected chi connectivity index (χ0v) is 26.8. The van der Waals surface area contributed by atoms with Crippen molar-refractivity contribution in [3.8, 4) is 0 Å². The van der Waals surface area contributed by atoms with E-state index < -0.39 is 46.7 Å². The zero-order valence-electron chi connectivity index (χ0n) is 24.8. The summed E-state index contributed by atoms with van der Waals surface area (Å²) in [5.74, 6) is 0.371. The summed E-state index contributed by atoms with van der Waals surface area (Å²) in [7, 11) is -4.35. The molecule has 0 aromatic carbocycles. The van der Waals surface area contributed by atoms with E-state index in [9.17, 15) is 15.0 Å². The molecule has 212 valence electrons. The summed E-state index contributed by atoms with van der Waals surface area (Å²) in [6.07, 6.45) is 2.29. The smallest absolute Gasteiger partial charge is 0.273 e. The molecule has 2 N–H and O–H groups in total. The fourth-order valence-electron chi connectivity index (χ4n) is 3.58. The van der Waals surface area contributed by atoms with Gasteiger partial charge in [0.1, 0.15) is 24.1 Å². The lowest BCUT2D eigenvalue weighted by Crippen LogP contribution is -2.51. The number of allylic oxidation sites excluding steroid dienone is 1. The Morgan fingerprint density at radius 2 is 1.73 bits per heavy atom. The van der Waals surface area contributed by atoms with Gasteiger partial charge in [-0.05, 0) is 42.7 Å². The molecule has 0 saturated carbocycles. The van der Waals surface area contributed by atoms with Gasteiger partial charge in [0.2, 0.25) is 0 Å². The van der Waals surface area contributed by atoms with Gasteiger partial charge in [-0.3, -0.25) is 4.79 Å². The predicted octanol–water partition coefficient (Wildman–Crippen LogP) is 6.00. The van der Waals surface area contributed by atoms with Crippen molar-refractivity contribution in [3.63, 3.8) is 0 Å². The number of aliphatic hydroxyl groups excluding tert-OH is 2. The van der Waals surface area contributed by atoms with Crippen molar-refractivity contribution in [1.82, 2.24) is 9.55 Å². The first-order valence-electron chi connectivity index (χ1n) is 13.4. The molecule has 1 aliphatic rings. The minimum Gasteiger partial charge on any atom is -0.512 e. The van der Waals surface area contributed by atoms with E-state index in [2.05, 4.69) is 72.7 Å². The molecule has 0 unspecified atom stereocenters. The second kappa shape index (κ2) is 11.8. The second-order valence-electron chi connectivity index (χ2n) is 13.2. The third kappa shape index (κ3) is 7.86. The minimum absolute atomic E-state index is 0.0238. The molecule has 1 saturated heterocycles. The molecule has 1 fully saturated rings. The van der Waals surface area contributed by atoms with Crippen LogP contribution in [0.15, 0.2) is 22.8 Å². The van der Waals surface area contributed by atoms with Crippen LogP contribution in [0.3, 0.4) is 0 Å². The topological polar surface area (TPSA) is 103 Å². The van der Waals surface area contributed by atoms with E-state index in [1.54, 1.807) is 10.8 Å². The summed E-state index contributed by atoms with van der Waals surface area (Å²) in [5.41, 5.74) is -0.426. The Balaban J connectivity index is 2.47. The quantitative estimate of drug-likeness (QED) is 0.270. The minimum atomic E-state index is -2.27. The number of aliphatic hydroxyl groups is 2. The number of ether oxygens (including phenoxy) is 1. The number of hydrogen-bond donors (Lipinski definition) is 2. The molecule has 2 rings (SSSR count). The number of unbranched alkanes of at least 4 members (excludes halogenated alkanes) is 1. The average molecular weight is 555 g/mol. The van der Waals surface area contributed by atoms with E-state index in [-0.39, 0.29) is 21.7 Å². The van der Waals surface area contributed by atoms with Crippen LogP contribution in [0.4, 0.5) is 0 Å². The van der Waals surface area contributed by atoms with Crippen LogP contribution >= 0.6 is 0 Å². The maximum absolute atomic E-state index is 12.1. The number of nitrogens with zero attached hydrogens (tertiary/aromatic N) is 2. The number of hydrogen-bond acceptors (Lipinski definition) is 7. The molecule has 4 atom stereocenters. The predicted molar refractivity (Wildman–Crippen MR) is 154 cm³/mol. The number of rotatable bonds is 10. The summed E-state index contributed by atoms with van der Waals surface area (Å²) in [5, 5.41) is 22.0. The fourth-order valence-corrected chi connectivity index (χ4v) is 5.92. The first kappa shape index (κ1) is 31.9. The highest BCUT2D eigenvalue weighted by Gasteiger charge is 2.51. The molecule has 0 amide bonds. The van der Waals surface area contributed by atoms with Gasteiger partial charge in [0.25, 0.3) is 5.56 Å². The molecule has 10 heteroatoms. The van der Waals surface area contributed by atoms with Gasteiger partial charge in [-0.2, -0.15) is 4.98 Å². The highest BCUT2D eigenvalue weighted by atomic mass is 28.4. The fraction of sp³-hybridized carbons (Fsp3) is 0.778. The van der Waals surface area contributed by atoms with Crippen LogP contribution in [0.1, 0.15) is 79.8 Å². The van der Waals surface area contributed by atoms with Gasteiger partial charge >= 0.3 is 0 Å². The van der Waals surface area contributed by atoms with Gasteiger partial charge in [-0.1, -0.05) is 54.9 Å². The van der Waals surface area contributed by atoms with Gasteiger partial charge < -0.3 is 28.4 Å². The Morgan fingerprint density at radius 3 is 2.27 bits per heavy atom.